The van der Waals surface area contributed by atoms with E-state index in [0.717, 1.165) is 5.56 Å². The van der Waals surface area contributed by atoms with Gasteiger partial charge in [0.25, 0.3) is 5.56 Å². The number of halogens is 2. The van der Waals surface area contributed by atoms with Crippen molar-refractivity contribution >= 4 is 27.8 Å². The van der Waals surface area contributed by atoms with Crippen LogP contribution < -0.4 is 11.0 Å². The van der Waals surface area contributed by atoms with Gasteiger partial charge in [0.1, 0.15) is 10.3 Å². The van der Waals surface area contributed by atoms with Crippen molar-refractivity contribution < 1.29 is 4.39 Å². The highest BCUT2D eigenvalue weighted by Crippen LogP contribution is 2.14. The zero-order valence-corrected chi connectivity index (χ0v) is 10.6. The summed E-state index contributed by atoms with van der Waals surface area (Å²) in [5.74, 6) is -0.304. The van der Waals surface area contributed by atoms with Crippen molar-refractivity contribution in [3.8, 4) is 0 Å². The van der Waals surface area contributed by atoms with Gasteiger partial charge in [-0.1, -0.05) is 12.1 Å². The second kappa shape index (κ2) is 5.54. The summed E-state index contributed by atoms with van der Waals surface area (Å²) < 4.78 is 13.0. The van der Waals surface area contributed by atoms with E-state index in [2.05, 4.69) is 36.7 Å². The van der Waals surface area contributed by atoms with Gasteiger partial charge in [0.05, 0.1) is 18.1 Å². The molecular weight excluding hydrogens is 303 g/mol. The number of nitrogens with zero attached hydrogens (tertiary/aromatic N) is 2. The van der Waals surface area contributed by atoms with Gasteiger partial charge in [-0.05, 0) is 33.6 Å². The van der Waals surface area contributed by atoms with Gasteiger partial charge < -0.3 is 0 Å². The third-order valence-electron chi connectivity index (χ3n) is 2.06. The van der Waals surface area contributed by atoms with Crippen LogP contribution in [0.4, 0.5) is 10.1 Å². The lowest BCUT2D eigenvalue weighted by Gasteiger charge is -2.00. The molecule has 18 heavy (non-hydrogen) atoms. The summed E-state index contributed by atoms with van der Waals surface area (Å²) in [5.41, 5.74) is 3.49. The summed E-state index contributed by atoms with van der Waals surface area (Å²) in [5, 5.41) is 9.82. The Labute approximate surface area is 110 Å². The Balaban J connectivity index is 2.09. The Morgan fingerprint density at radius 3 is 2.83 bits per heavy atom. The largest absolute Gasteiger partial charge is 0.280 e. The molecule has 0 radical (unpaired) electrons. The first kappa shape index (κ1) is 12.4. The summed E-state index contributed by atoms with van der Waals surface area (Å²) in [6.07, 6.45) is 2.93. The van der Waals surface area contributed by atoms with Crippen molar-refractivity contribution in [1.82, 2.24) is 10.2 Å². The Hall–Kier alpha value is -2.02. The maximum atomic E-state index is 12.7. The zero-order chi connectivity index (χ0) is 13.0. The van der Waals surface area contributed by atoms with Crippen LogP contribution in [0, 0.1) is 5.82 Å². The molecule has 7 heteroatoms. The number of hydrogen-bond acceptors (Lipinski definition) is 4. The number of hydrazone groups is 1. The van der Waals surface area contributed by atoms with Gasteiger partial charge in [0.15, 0.2) is 0 Å². The average Bonchev–Trinajstić information content (AvgIpc) is 2.37. The Bertz CT molecular complexity index is 624. The molecular formula is C11H8BrFN4O. The standard InChI is InChI=1S/C11H8BrFN4O/c12-10-9(6-15-17-11(10)18)16-14-5-7-1-3-8(13)4-2-7/h1-6H,(H2,16,17,18)/b14-5+. The lowest BCUT2D eigenvalue weighted by molar-refractivity contribution is 0.628. The van der Waals surface area contributed by atoms with Crippen LogP contribution in [0.1, 0.15) is 5.56 Å². The fraction of sp³-hybridized carbons (Fsp3) is 0. The fourth-order valence-electron chi connectivity index (χ4n) is 1.19. The molecule has 2 N–H and O–H groups in total. The molecule has 0 bridgehead atoms. The Morgan fingerprint density at radius 1 is 1.39 bits per heavy atom. The number of rotatable bonds is 3. The molecule has 0 atom stereocenters. The Morgan fingerprint density at radius 2 is 2.11 bits per heavy atom. The van der Waals surface area contributed by atoms with Gasteiger partial charge in [0, 0.05) is 0 Å². The molecule has 0 aliphatic carbocycles. The molecule has 5 nitrogen and oxygen atoms in total. The molecule has 0 unspecified atom stereocenters. The molecule has 2 rings (SSSR count). The summed E-state index contributed by atoms with van der Waals surface area (Å²) in [4.78, 5) is 11.2. The maximum absolute atomic E-state index is 12.7. The average molecular weight is 311 g/mol. The molecule has 92 valence electrons. The van der Waals surface area contributed by atoms with Gasteiger partial charge >= 0.3 is 0 Å². The van der Waals surface area contributed by atoms with Crippen LogP contribution in [-0.4, -0.2) is 16.4 Å². The molecule has 1 aromatic heterocycles. The van der Waals surface area contributed by atoms with Crippen molar-refractivity contribution in [3.63, 3.8) is 0 Å². The first-order valence-electron chi connectivity index (χ1n) is 4.94. The summed E-state index contributed by atoms with van der Waals surface area (Å²) in [6.45, 7) is 0. The van der Waals surface area contributed by atoms with Crippen molar-refractivity contribution in [3.05, 3.63) is 56.7 Å². The van der Waals surface area contributed by atoms with Gasteiger partial charge in [0.2, 0.25) is 0 Å². The number of H-pyrrole nitrogens is 1. The molecule has 2 aromatic rings. The van der Waals surface area contributed by atoms with Crippen LogP contribution in [0.5, 0.6) is 0 Å². The first-order valence-corrected chi connectivity index (χ1v) is 5.74. The third kappa shape index (κ3) is 3.01. The summed E-state index contributed by atoms with van der Waals surface area (Å²) in [6, 6.07) is 5.86. The maximum Gasteiger partial charge on any atom is 0.280 e. The molecule has 0 saturated carbocycles. The number of anilines is 1. The van der Waals surface area contributed by atoms with E-state index in [1.54, 1.807) is 12.1 Å². The number of hydrogen-bond donors (Lipinski definition) is 2. The van der Waals surface area contributed by atoms with E-state index in [0.29, 0.717) is 10.2 Å². The fourth-order valence-corrected chi connectivity index (χ4v) is 1.47. The zero-order valence-electron chi connectivity index (χ0n) is 9.02. The van der Waals surface area contributed by atoms with E-state index in [1.807, 2.05) is 0 Å². The first-order chi connectivity index (χ1) is 8.66. The van der Waals surface area contributed by atoms with Crippen LogP contribution in [-0.2, 0) is 0 Å². The van der Waals surface area contributed by atoms with E-state index in [1.165, 1.54) is 24.5 Å². The van der Waals surface area contributed by atoms with Crippen LogP contribution in [0.3, 0.4) is 0 Å². The highest BCUT2D eigenvalue weighted by atomic mass is 79.9. The number of aromatic amines is 1. The predicted octanol–water partition coefficient (Wildman–Crippen LogP) is 2.12. The van der Waals surface area contributed by atoms with Crippen LogP contribution in [0.15, 0.2) is 44.8 Å². The molecule has 0 aliphatic rings. The van der Waals surface area contributed by atoms with E-state index >= 15 is 0 Å². The molecule has 1 heterocycles. The van der Waals surface area contributed by atoms with Crippen molar-refractivity contribution in [2.45, 2.75) is 0 Å². The monoisotopic (exact) mass is 310 g/mol. The van der Waals surface area contributed by atoms with E-state index in [-0.39, 0.29) is 11.4 Å². The molecule has 1 aromatic carbocycles. The minimum atomic E-state index is -0.350. The normalized spacial score (nSPS) is 10.8. The van der Waals surface area contributed by atoms with E-state index < -0.39 is 0 Å². The predicted molar refractivity (Wildman–Crippen MR) is 70.2 cm³/mol. The molecule has 0 spiro atoms. The molecule has 0 aliphatic heterocycles. The second-order valence-corrected chi connectivity index (χ2v) is 4.14. The minimum absolute atomic E-state index is 0.304. The third-order valence-corrected chi connectivity index (χ3v) is 2.85. The van der Waals surface area contributed by atoms with Crippen molar-refractivity contribution in [2.24, 2.45) is 5.10 Å². The second-order valence-electron chi connectivity index (χ2n) is 3.35. The van der Waals surface area contributed by atoms with Crippen LogP contribution >= 0.6 is 15.9 Å². The topological polar surface area (TPSA) is 70.1 Å². The highest BCUT2D eigenvalue weighted by molar-refractivity contribution is 9.10. The number of aromatic nitrogens is 2. The lowest BCUT2D eigenvalue weighted by atomic mass is 10.2. The number of nitrogens with one attached hydrogen (secondary N) is 2. The van der Waals surface area contributed by atoms with Crippen LogP contribution in [0.2, 0.25) is 0 Å². The smallest absolute Gasteiger partial charge is 0.275 e. The van der Waals surface area contributed by atoms with Crippen molar-refractivity contribution in [1.29, 1.82) is 0 Å². The van der Waals surface area contributed by atoms with E-state index in [9.17, 15) is 9.18 Å². The minimum Gasteiger partial charge on any atom is -0.275 e. The van der Waals surface area contributed by atoms with Gasteiger partial charge in [-0.3, -0.25) is 10.2 Å². The van der Waals surface area contributed by atoms with Crippen molar-refractivity contribution in [2.75, 3.05) is 5.43 Å². The van der Waals surface area contributed by atoms with E-state index in [4.69, 9.17) is 0 Å². The SMILES string of the molecule is O=c1[nH]ncc(N/N=C/c2ccc(F)cc2)c1Br. The highest BCUT2D eigenvalue weighted by Gasteiger charge is 2.02. The molecule has 0 fully saturated rings. The Kier molecular flexibility index (Phi) is 3.83. The van der Waals surface area contributed by atoms with Gasteiger partial charge in [-0.15, -0.1) is 0 Å². The summed E-state index contributed by atoms with van der Waals surface area (Å²) in [7, 11) is 0. The van der Waals surface area contributed by atoms with Gasteiger partial charge in [-0.25, -0.2) is 9.49 Å². The van der Waals surface area contributed by atoms with Crippen LogP contribution in [0.25, 0.3) is 0 Å². The number of benzene rings is 1. The van der Waals surface area contributed by atoms with Gasteiger partial charge in [-0.2, -0.15) is 10.2 Å². The quantitative estimate of drug-likeness (QED) is 0.674. The lowest BCUT2D eigenvalue weighted by Crippen LogP contribution is -2.10. The molecule has 0 saturated heterocycles. The summed E-state index contributed by atoms with van der Waals surface area (Å²) >= 11 is 3.11. The molecule has 0 amide bonds.